The Morgan fingerprint density at radius 2 is 1.26 bits per heavy atom. The second-order valence-corrected chi connectivity index (χ2v) is 11.0. The number of nitrogens with zero attached hydrogens (tertiary/aromatic N) is 4. The second-order valence-electron chi connectivity index (χ2n) is 10.2. The molecule has 0 bridgehead atoms. The van der Waals surface area contributed by atoms with Gasteiger partial charge in [-0.25, -0.2) is 19.6 Å². The number of rotatable bonds is 6. The molecule has 2 aromatic rings. The summed E-state index contributed by atoms with van der Waals surface area (Å²) in [6, 6.07) is 7.28. The molecule has 2 N–H and O–H groups in total. The van der Waals surface area contributed by atoms with Gasteiger partial charge in [0.15, 0.2) is 11.4 Å². The monoisotopic (exact) mass is 558 g/mol. The molecule has 2 aromatic heterocycles. The highest BCUT2D eigenvalue weighted by Gasteiger charge is 2.54. The lowest BCUT2D eigenvalue weighted by Crippen LogP contribution is -2.74. The number of fused-ring (bicyclic) bond motifs is 2. The molecular weight excluding hydrogens is 531 g/mol. The van der Waals surface area contributed by atoms with E-state index in [0.717, 1.165) is 62.5 Å². The zero-order chi connectivity index (χ0) is 26.3. The molecule has 0 unspecified atom stereocenters. The van der Waals surface area contributed by atoms with E-state index in [1.54, 1.807) is 24.5 Å². The van der Waals surface area contributed by atoms with Crippen LogP contribution in [-0.2, 0) is 19.1 Å². The minimum Gasteiger partial charge on any atom is -0.438 e. The first-order valence-corrected chi connectivity index (χ1v) is 13.5. The maximum absolute atomic E-state index is 12.8. The minimum atomic E-state index is -0.807. The van der Waals surface area contributed by atoms with Gasteiger partial charge in [0.1, 0.15) is 10.3 Å². The standard InChI is InChI=1S/C26H28Cl2N6O4/c27-21-3-1-19(13-29-21)33-9-7-17-11-31-25(17,15-33)37-23(35)5-6-24(36)38-26-16-34(10-8-18(26)12-32-26)20-2-4-22(28)30-14-20/h1-6,13-14,17-18,31-32H,7-12,15-16H2/b6-5+/t17-,18-,25-,26-/m0/s1. The summed E-state index contributed by atoms with van der Waals surface area (Å²) in [6.07, 6.45) is 7.44. The number of esters is 2. The largest absolute Gasteiger partial charge is 0.438 e. The molecule has 0 spiro atoms. The SMILES string of the molecule is O=C(/C=C/C(=O)O[C@@]12CN(c3ccc(Cl)nc3)CC[C@H]1CN2)O[C@@]12CN(c3ccc(Cl)nc3)CC[C@H]1CN2. The fourth-order valence-corrected chi connectivity index (χ4v) is 5.98. The number of ether oxygens (including phenoxy) is 2. The number of aromatic nitrogens is 2. The molecule has 200 valence electrons. The first-order chi connectivity index (χ1) is 18.3. The molecule has 4 atom stereocenters. The van der Waals surface area contributed by atoms with E-state index in [1.807, 2.05) is 12.1 Å². The van der Waals surface area contributed by atoms with Gasteiger partial charge in [-0.3, -0.25) is 10.6 Å². The third-order valence-corrected chi connectivity index (χ3v) is 8.48. The average Bonchev–Trinajstić information content (AvgIpc) is 2.88. The van der Waals surface area contributed by atoms with Crippen LogP contribution in [0.25, 0.3) is 0 Å². The number of carbonyl (C=O) groups excluding carboxylic acids is 2. The van der Waals surface area contributed by atoms with Gasteiger partial charge in [-0.1, -0.05) is 23.2 Å². The summed E-state index contributed by atoms with van der Waals surface area (Å²) in [5, 5.41) is 7.43. The van der Waals surface area contributed by atoms with E-state index in [0.29, 0.717) is 23.4 Å². The first kappa shape index (κ1) is 25.4. The van der Waals surface area contributed by atoms with E-state index in [-0.39, 0.29) is 11.8 Å². The van der Waals surface area contributed by atoms with E-state index in [2.05, 4.69) is 30.4 Å². The molecule has 6 heterocycles. The van der Waals surface area contributed by atoms with Crippen molar-refractivity contribution in [2.75, 3.05) is 49.1 Å². The molecule has 38 heavy (non-hydrogen) atoms. The Hall–Kier alpha value is -2.92. The number of anilines is 2. The highest BCUT2D eigenvalue weighted by molar-refractivity contribution is 6.29. The molecule has 0 saturated carbocycles. The highest BCUT2D eigenvalue weighted by Crippen LogP contribution is 2.39. The van der Waals surface area contributed by atoms with Gasteiger partial charge in [0.2, 0.25) is 0 Å². The summed E-state index contributed by atoms with van der Waals surface area (Å²) in [6.45, 7) is 4.18. The van der Waals surface area contributed by atoms with E-state index >= 15 is 0 Å². The molecule has 4 saturated heterocycles. The van der Waals surface area contributed by atoms with Crippen LogP contribution in [0.1, 0.15) is 12.8 Å². The molecule has 4 aliphatic heterocycles. The summed E-state index contributed by atoms with van der Waals surface area (Å²) in [5.41, 5.74) is 0.209. The zero-order valence-electron chi connectivity index (χ0n) is 20.6. The lowest BCUT2D eigenvalue weighted by Gasteiger charge is -2.55. The predicted octanol–water partition coefficient (Wildman–Crippen LogP) is 2.38. The summed E-state index contributed by atoms with van der Waals surface area (Å²) >= 11 is 11.8. The normalized spacial score (nSPS) is 30.1. The number of pyridine rings is 2. The van der Waals surface area contributed by atoms with Gasteiger partial charge in [-0.05, 0) is 37.1 Å². The van der Waals surface area contributed by atoms with Gasteiger partial charge in [-0.15, -0.1) is 0 Å². The molecule has 12 heteroatoms. The lowest BCUT2D eigenvalue weighted by atomic mass is 9.80. The van der Waals surface area contributed by atoms with Crippen LogP contribution in [0.2, 0.25) is 10.3 Å². The molecule has 0 radical (unpaired) electrons. The van der Waals surface area contributed by atoms with Crippen molar-refractivity contribution in [1.29, 1.82) is 0 Å². The van der Waals surface area contributed by atoms with Crippen LogP contribution >= 0.6 is 23.2 Å². The Labute approximate surface area is 230 Å². The average molecular weight is 559 g/mol. The van der Waals surface area contributed by atoms with Crippen LogP contribution in [0.15, 0.2) is 48.8 Å². The third-order valence-electron chi connectivity index (χ3n) is 8.04. The maximum atomic E-state index is 12.8. The van der Waals surface area contributed by atoms with Crippen LogP contribution in [0.4, 0.5) is 11.4 Å². The van der Waals surface area contributed by atoms with Crippen molar-refractivity contribution in [3.8, 4) is 0 Å². The summed E-state index contributed by atoms with van der Waals surface area (Å²) in [5.74, 6) is -0.776. The Morgan fingerprint density at radius 1 is 0.816 bits per heavy atom. The molecule has 4 fully saturated rings. The summed E-state index contributed by atoms with van der Waals surface area (Å²) < 4.78 is 11.7. The quantitative estimate of drug-likeness (QED) is 0.311. The number of halogens is 2. The molecule has 0 aliphatic carbocycles. The molecule has 4 aliphatic rings. The van der Waals surface area contributed by atoms with Crippen LogP contribution in [0, 0.1) is 11.8 Å². The van der Waals surface area contributed by atoms with Gasteiger partial charge < -0.3 is 19.3 Å². The second kappa shape index (κ2) is 10.00. The number of carbonyl (C=O) groups is 2. The Balaban J connectivity index is 1.07. The van der Waals surface area contributed by atoms with Crippen molar-refractivity contribution >= 4 is 46.5 Å². The van der Waals surface area contributed by atoms with Gasteiger partial charge in [0.25, 0.3) is 0 Å². The highest BCUT2D eigenvalue weighted by atomic mass is 35.5. The van der Waals surface area contributed by atoms with Gasteiger partial charge >= 0.3 is 11.9 Å². The Bertz CT molecular complexity index is 1150. The smallest absolute Gasteiger partial charge is 0.332 e. The molecular formula is C26H28Cl2N6O4. The number of nitrogens with one attached hydrogen (secondary N) is 2. The molecule has 0 amide bonds. The number of hydrogen-bond acceptors (Lipinski definition) is 10. The van der Waals surface area contributed by atoms with E-state index < -0.39 is 23.4 Å². The third kappa shape index (κ3) is 4.82. The summed E-state index contributed by atoms with van der Waals surface area (Å²) in [7, 11) is 0. The van der Waals surface area contributed by atoms with Crippen molar-refractivity contribution in [3.05, 3.63) is 59.1 Å². The lowest BCUT2D eigenvalue weighted by molar-refractivity contribution is -0.186. The van der Waals surface area contributed by atoms with Crippen LogP contribution in [-0.4, -0.2) is 72.6 Å². The number of piperidine rings is 2. The van der Waals surface area contributed by atoms with Gasteiger partial charge in [0, 0.05) is 50.2 Å². The van der Waals surface area contributed by atoms with Crippen molar-refractivity contribution in [1.82, 2.24) is 20.6 Å². The first-order valence-electron chi connectivity index (χ1n) is 12.7. The van der Waals surface area contributed by atoms with Crippen LogP contribution < -0.4 is 20.4 Å². The van der Waals surface area contributed by atoms with Crippen LogP contribution in [0.3, 0.4) is 0 Å². The fraction of sp³-hybridized carbons (Fsp3) is 0.462. The van der Waals surface area contributed by atoms with E-state index in [4.69, 9.17) is 32.7 Å². The Morgan fingerprint density at radius 3 is 1.61 bits per heavy atom. The number of hydrogen-bond donors (Lipinski definition) is 2. The molecule has 10 nitrogen and oxygen atoms in total. The van der Waals surface area contributed by atoms with Gasteiger partial charge in [0.05, 0.1) is 36.9 Å². The summed E-state index contributed by atoms with van der Waals surface area (Å²) in [4.78, 5) is 38.1. The molecule has 0 aromatic carbocycles. The topological polar surface area (TPSA) is 109 Å². The predicted molar refractivity (Wildman–Crippen MR) is 142 cm³/mol. The van der Waals surface area contributed by atoms with Crippen molar-refractivity contribution in [3.63, 3.8) is 0 Å². The minimum absolute atomic E-state index is 0.206. The fourth-order valence-electron chi connectivity index (χ4n) is 5.75. The van der Waals surface area contributed by atoms with E-state index in [9.17, 15) is 9.59 Å². The van der Waals surface area contributed by atoms with Crippen LogP contribution in [0.5, 0.6) is 0 Å². The molecule has 6 rings (SSSR count). The maximum Gasteiger partial charge on any atom is 0.332 e. The zero-order valence-corrected chi connectivity index (χ0v) is 22.1. The Kier molecular flexibility index (Phi) is 6.67. The van der Waals surface area contributed by atoms with E-state index in [1.165, 1.54) is 0 Å². The van der Waals surface area contributed by atoms with Gasteiger partial charge in [-0.2, -0.15) is 0 Å². The van der Waals surface area contributed by atoms with Crippen molar-refractivity contribution in [2.45, 2.75) is 24.3 Å². The van der Waals surface area contributed by atoms with Crippen molar-refractivity contribution < 1.29 is 19.1 Å². The van der Waals surface area contributed by atoms with Crippen molar-refractivity contribution in [2.24, 2.45) is 11.8 Å².